The second-order valence-electron chi connectivity index (χ2n) is 11.5. The maximum Gasteiger partial charge on any atom is 0.306 e. The number of hydrogen-bond acceptors (Lipinski definition) is 13. The molecule has 50 heavy (non-hydrogen) atoms. The summed E-state index contributed by atoms with van der Waals surface area (Å²) in [5.41, 5.74) is 2.52. The molecule has 5 rings (SSSR count). The molecular weight excluding hydrogens is 650 g/mol. The lowest BCUT2D eigenvalue weighted by Gasteiger charge is -2.38. The van der Waals surface area contributed by atoms with Crippen molar-refractivity contribution in [1.29, 1.82) is 0 Å². The molecule has 0 amide bonds. The minimum absolute atomic E-state index is 0.120. The highest BCUT2D eigenvalue weighted by Crippen LogP contribution is 2.46. The van der Waals surface area contributed by atoms with E-state index in [1.165, 1.54) is 39.5 Å². The number of nitrogens with zero attached hydrogens (tertiary/aromatic N) is 1. The number of aromatic hydroxyl groups is 2. The van der Waals surface area contributed by atoms with Gasteiger partial charge in [0.2, 0.25) is 16.9 Å². The van der Waals surface area contributed by atoms with E-state index in [-0.39, 0.29) is 36.0 Å². The van der Waals surface area contributed by atoms with Crippen molar-refractivity contribution < 1.29 is 52.6 Å². The summed E-state index contributed by atoms with van der Waals surface area (Å²) in [5, 5.41) is 21.2. The van der Waals surface area contributed by atoms with Gasteiger partial charge in [-0.15, -0.1) is 0 Å². The van der Waals surface area contributed by atoms with Crippen molar-refractivity contribution in [2.75, 3.05) is 56.3 Å². The Kier molecular flexibility index (Phi) is 11.0. The van der Waals surface area contributed by atoms with Crippen LogP contribution in [0.2, 0.25) is 0 Å². The van der Waals surface area contributed by atoms with Crippen molar-refractivity contribution >= 4 is 5.97 Å². The third-order valence-electron chi connectivity index (χ3n) is 8.86. The number of rotatable bonds is 13. The number of esters is 1. The van der Waals surface area contributed by atoms with E-state index >= 15 is 0 Å². The van der Waals surface area contributed by atoms with Crippen molar-refractivity contribution in [2.45, 2.75) is 31.3 Å². The van der Waals surface area contributed by atoms with Crippen molar-refractivity contribution in [2.24, 2.45) is 0 Å². The van der Waals surface area contributed by atoms with E-state index in [4.69, 9.17) is 37.6 Å². The first kappa shape index (κ1) is 35.7. The van der Waals surface area contributed by atoms with Gasteiger partial charge in [-0.3, -0.25) is 14.5 Å². The zero-order valence-corrected chi connectivity index (χ0v) is 29.0. The smallest absolute Gasteiger partial charge is 0.306 e. The lowest BCUT2D eigenvalue weighted by Crippen LogP contribution is -2.36. The van der Waals surface area contributed by atoms with E-state index in [1.54, 1.807) is 34.5 Å². The molecule has 3 aromatic carbocycles. The Morgan fingerprint density at radius 1 is 0.820 bits per heavy atom. The number of methoxy groups -OCH3 is 7. The standard InChI is InChI=1S/C37H41NO12/c1-43-28-12-20(8-9-26(28)39)25(18-33(41)48-6)36-35(42)27(40)16-23(50-36)19-38-11-10-21-13-29(44-2)30(45-3)17-24(21)34(38)22-14-31(46-4)37(49-7)32(15-22)47-5/h8-9,12-17,25,34,39,42H,10-11,18-19H2,1-7H3/t25-,34+/m0/s1. The molecule has 2 N–H and O–H groups in total. The van der Waals surface area contributed by atoms with E-state index in [2.05, 4.69) is 4.90 Å². The summed E-state index contributed by atoms with van der Waals surface area (Å²) in [6.45, 7) is 0.659. The first-order chi connectivity index (χ1) is 24.1. The number of hydrogen-bond donors (Lipinski definition) is 2. The summed E-state index contributed by atoms with van der Waals surface area (Å²) >= 11 is 0. The number of benzene rings is 3. The summed E-state index contributed by atoms with van der Waals surface area (Å²) in [7, 11) is 10.4. The number of carbonyl (C=O) groups excluding carboxylic acids is 1. The molecule has 0 saturated carbocycles. The molecule has 13 nitrogen and oxygen atoms in total. The number of phenols is 1. The molecule has 0 bridgehead atoms. The number of carbonyl (C=O) groups is 1. The van der Waals surface area contributed by atoms with Gasteiger partial charge in [0, 0.05) is 12.6 Å². The predicted molar refractivity (Wildman–Crippen MR) is 181 cm³/mol. The lowest BCUT2D eigenvalue weighted by molar-refractivity contribution is -0.140. The summed E-state index contributed by atoms with van der Waals surface area (Å²) in [6.07, 6.45) is 0.362. The van der Waals surface area contributed by atoms with Crippen molar-refractivity contribution in [1.82, 2.24) is 4.90 Å². The summed E-state index contributed by atoms with van der Waals surface area (Å²) in [5.74, 6) is 0.436. The molecule has 4 aromatic rings. The molecule has 2 atom stereocenters. The van der Waals surface area contributed by atoms with Crippen molar-refractivity contribution in [3.63, 3.8) is 0 Å². The first-order valence-corrected chi connectivity index (χ1v) is 15.7. The Labute approximate surface area is 289 Å². The Morgan fingerprint density at radius 3 is 2.06 bits per heavy atom. The monoisotopic (exact) mass is 691 g/mol. The van der Waals surface area contributed by atoms with Gasteiger partial charge in [-0.25, -0.2) is 0 Å². The minimum atomic E-state index is -0.950. The van der Waals surface area contributed by atoms with Gasteiger partial charge in [-0.1, -0.05) is 6.07 Å². The fraction of sp³-hybridized carbons (Fsp3) is 0.351. The average molecular weight is 692 g/mol. The third kappa shape index (κ3) is 6.95. The quantitative estimate of drug-likeness (QED) is 0.182. The van der Waals surface area contributed by atoms with Crippen LogP contribution in [-0.4, -0.2) is 77.4 Å². The van der Waals surface area contributed by atoms with Crippen LogP contribution in [0.5, 0.6) is 46.0 Å². The minimum Gasteiger partial charge on any atom is -0.504 e. The van der Waals surface area contributed by atoms with Gasteiger partial charge >= 0.3 is 5.97 Å². The van der Waals surface area contributed by atoms with Crippen LogP contribution in [0.25, 0.3) is 0 Å². The molecule has 2 heterocycles. The Morgan fingerprint density at radius 2 is 1.46 bits per heavy atom. The van der Waals surface area contributed by atoms with Crippen LogP contribution < -0.4 is 33.8 Å². The topological polar surface area (TPSA) is 156 Å². The van der Waals surface area contributed by atoms with E-state index in [0.29, 0.717) is 47.3 Å². The third-order valence-corrected chi connectivity index (χ3v) is 8.86. The van der Waals surface area contributed by atoms with Crippen LogP contribution in [0.3, 0.4) is 0 Å². The van der Waals surface area contributed by atoms with Crippen LogP contribution >= 0.6 is 0 Å². The highest BCUT2D eigenvalue weighted by molar-refractivity contribution is 5.71. The molecule has 0 unspecified atom stereocenters. The highest BCUT2D eigenvalue weighted by Gasteiger charge is 2.34. The predicted octanol–water partition coefficient (Wildman–Crippen LogP) is 4.95. The van der Waals surface area contributed by atoms with Gasteiger partial charge < -0.3 is 47.8 Å². The van der Waals surface area contributed by atoms with Gasteiger partial charge in [0.1, 0.15) is 5.76 Å². The summed E-state index contributed by atoms with van der Waals surface area (Å²) in [4.78, 5) is 28.0. The molecule has 1 aliphatic heterocycles. The van der Waals surface area contributed by atoms with Crippen LogP contribution in [0.1, 0.15) is 52.2 Å². The van der Waals surface area contributed by atoms with Gasteiger partial charge in [-0.2, -0.15) is 0 Å². The molecule has 0 fully saturated rings. The summed E-state index contributed by atoms with van der Waals surface area (Å²) in [6, 6.07) is 12.9. The molecule has 13 heteroatoms. The first-order valence-electron chi connectivity index (χ1n) is 15.7. The van der Waals surface area contributed by atoms with Crippen LogP contribution in [0.15, 0.2) is 57.7 Å². The van der Waals surface area contributed by atoms with E-state index in [1.807, 2.05) is 24.3 Å². The number of fused-ring (bicyclic) bond motifs is 1. The average Bonchev–Trinajstić information content (AvgIpc) is 3.14. The van der Waals surface area contributed by atoms with Crippen LogP contribution in [-0.2, 0) is 22.5 Å². The normalized spacial score (nSPS) is 14.7. The van der Waals surface area contributed by atoms with E-state index < -0.39 is 29.1 Å². The molecular formula is C37H41NO12. The molecule has 0 radical (unpaired) electrons. The van der Waals surface area contributed by atoms with E-state index in [9.17, 15) is 19.8 Å². The molecule has 1 aromatic heterocycles. The van der Waals surface area contributed by atoms with E-state index in [0.717, 1.165) is 16.7 Å². The maximum absolute atomic E-state index is 13.3. The van der Waals surface area contributed by atoms with Gasteiger partial charge in [0.15, 0.2) is 40.3 Å². The van der Waals surface area contributed by atoms with Gasteiger partial charge in [0.05, 0.1) is 74.7 Å². The molecule has 0 saturated heterocycles. The highest BCUT2D eigenvalue weighted by atomic mass is 16.5. The zero-order valence-electron chi connectivity index (χ0n) is 29.0. The fourth-order valence-electron chi connectivity index (χ4n) is 6.41. The molecule has 266 valence electrons. The molecule has 0 spiro atoms. The van der Waals surface area contributed by atoms with Gasteiger partial charge in [-0.05, 0) is 65.1 Å². The van der Waals surface area contributed by atoms with Crippen LogP contribution in [0.4, 0.5) is 0 Å². The van der Waals surface area contributed by atoms with Crippen LogP contribution in [0, 0.1) is 0 Å². The second-order valence-corrected chi connectivity index (χ2v) is 11.5. The van der Waals surface area contributed by atoms with Crippen molar-refractivity contribution in [3.8, 4) is 46.0 Å². The molecule has 0 aliphatic carbocycles. The SMILES string of the molecule is COC(=O)C[C@@H](c1ccc(O)c(OC)c1)c1oc(CN2CCc3cc(OC)c(OC)cc3[C@H]2c2cc(OC)c(OC)c(OC)c2)cc(=O)c1O. The Hall–Kier alpha value is -5.56. The summed E-state index contributed by atoms with van der Waals surface area (Å²) < 4.78 is 44.8. The second kappa shape index (κ2) is 15.3. The zero-order chi connectivity index (χ0) is 36.1. The Balaban J connectivity index is 1.66. The van der Waals surface area contributed by atoms with Gasteiger partial charge in [0.25, 0.3) is 0 Å². The molecule has 1 aliphatic rings. The lowest BCUT2D eigenvalue weighted by atomic mass is 9.87. The number of ether oxygens (including phenoxy) is 7. The maximum atomic E-state index is 13.3. The fourth-order valence-corrected chi connectivity index (χ4v) is 6.41. The largest absolute Gasteiger partial charge is 0.504 e. The van der Waals surface area contributed by atoms with Crippen molar-refractivity contribution in [3.05, 3.63) is 92.5 Å². The Bertz CT molecular complexity index is 1890. The number of phenolic OH excluding ortho intramolecular Hbond substituents is 1.